The summed E-state index contributed by atoms with van der Waals surface area (Å²) >= 11 is 0. The van der Waals surface area contributed by atoms with Crippen molar-refractivity contribution < 1.29 is 0 Å². The van der Waals surface area contributed by atoms with E-state index in [1.807, 2.05) is 29.1 Å². The van der Waals surface area contributed by atoms with Crippen LogP contribution in [0.3, 0.4) is 0 Å². The highest BCUT2D eigenvalue weighted by atomic mass is 15.4. The molecule has 0 N–H and O–H groups in total. The van der Waals surface area contributed by atoms with E-state index in [0.717, 1.165) is 37.2 Å². The summed E-state index contributed by atoms with van der Waals surface area (Å²) in [5, 5.41) is 16.2. The summed E-state index contributed by atoms with van der Waals surface area (Å²) in [6.07, 6.45) is 10.7. The quantitative estimate of drug-likeness (QED) is 0.438. The molecule has 5 nitrogen and oxygen atoms in total. The van der Waals surface area contributed by atoms with Crippen LogP contribution in [0.5, 0.6) is 0 Å². The molecular weight excluding hydrogens is 286 g/mol. The highest BCUT2D eigenvalue weighted by Gasteiger charge is 2.02. The van der Waals surface area contributed by atoms with E-state index in [1.54, 1.807) is 0 Å². The first-order chi connectivity index (χ1) is 11.4. The van der Waals surface area contributed by atoms with Gasteiger partial charge in [-0.15, -0.1) is 5.10 Å². The number of aromatic nitrogens is 3. The van der Waals surface area contributed by atoms with Gasteiger partial charge in [0, 0.05) is 18.3 Å². The Morgan fingerprint density at radius 2 is 1.74 bits per heavy atom. The highest BCUT2D eigenvalue weighted by molar-refractivity contribution is 5.56. The van der Waals surface area contributed by atoms with Crippen LogP contribution in [-0.4, -0.2) is 21.5 Å². The molecule has 1 heterocycles. The van der Waals surface area contributed by atoms with Crippen molar-refractivity contribution in [1.29, 1.82) is 0 Å². The van der Waals surface area contributed by atoms with E-state index in [1.165, 1.54) is 31.9 Å². The van der Waals surface area contributed by atoms with Gasteiger partial charge in [-0.2, -0.15) is 10.2 Å². The van der Waals surface area contributed by atoms with Gasteiger partial charge in [-0.1, -0.05) is 67.8 Å². The molecule has 0 radical (unpaired) electrons. The van der Waals surface area contributed by atoms with Crippen LogP contribution in [0.4, 0.5) is 0 Å². The first kappa shape index (κ1) is 17.1. The Bertz CT molecular complexity index is 588. The first-order valence-electron chi connectivity index (χ1n) is 8.33. The van der Waals surface area contributed by atoms with Gasteiger partial charge >= 0.3 is 0 Å². The van der Waals surface area contributed by atoms with Crippen LogP contribution in [0, 0.1) is 0 Å². The van der Waals surface area contributed by atoms with Crippen LogP contribution in [0.1, 0.15) is 38.5 Å². The Kier molecular flexibility index (Phi) is 7.74. The summed E-state index contributed by atoms with van der Waals surface area (Å²) in [6.45, 7) is 5.25. The third kappa shape index (κ3) is 6.55. The Balaban J connectivity index is 1.56. The van der Waals surface area contributed by atoms with Crippen molar-refractivity contribution in [3.8, 4) is 11.3 Å². The molecule has 0 aliphatic heterocycles. The molecule has 0 fully saturated rings. The molecule has 0 unspecified atom stereocenters. The number of hydrogen-bond donors (Lipinski definition) is 0. The van der Waals surface area contributed by atoms with Gasteiger partial charge in [0.1, 0.15) is 5.69 Å². The van der Waals surface area contributed by atoms with Crippen LogP contribution in [0.25, 0.3) is 11.3 Å². The van der Waals surface area contributed by atoms with E-state index >= 15 is 0 Å². The van der Waals surface area contributed by atoms with Gasteiger partial charge in [0.05, 0.1) is 12.7 Å². The molecule has 122 valence electrons. The fourth-order valence-electron chi connectivity index (χ4n) is 2.43. The van der Waals surface area contributed by atoms with Crippen LogP contribution in [-0.2, 0) is 6.54 Å². The number of aryl methyl sites for hydroxylation is 1. The van der Waals surface area contributed by atoms with E-state index in [-0.39, 0.29) is 0 Å². The lowest BCUT2D eigenvalue weighted by atomic mass is 10.1. The van der Waals surface area contributed by atoms with Gasteiger partial charge in [-0.05, 0) is 12.8 Å². The van der Waals surface area contributed by atoms with Crippen molar-refractivity contribution >= 4 is 0 Å². The molecule has 0 saturated heterocycles. The zero-order valence-corrected chi connectivity index (χ0v) is 13.6. The summed E-state index contributed by atoms with van der Waals surface area (Å²) in [7, 11) is 0. The van der Waals surface area contributed by atoms with Gasteiger partial charge in [-0.3, -0.25) is 4.68 Å². The van der Waals surface area contributed by atoms with Crippen molar-refractivity contribution in [2.75, 3.05) is 6.54 Å². The van der Waals surface area contributed by atoms with E-state index < -0.39 is 0 Å². The molecule has 0 atom stereocenters. The number of rotatable bonds is 11. The number of azo groups is 1. The molecule has 0 amide bonds. The predicted octanol–water partition coefficient (Wildman–Crippen LogP) is 4.88. The molecule has 0 spiro atoms. The summed E-state index contributed by atoms with van der Waals surface area (Å²) in [6, 6.07) is 10.2. The van der Waals surface area contributed by atoms with Crippen molar-refractivity contribution in [2.45, 2.75) is 45.1 Å². The lowest BCUT2D eigenvalue weighted by Crippen LogP contribution is -1.98. The Hall–Kier alpha value is -2.30. The molecule has 2 aromatic rings. The molecule has 0 bridgehead atoms. The van der Waals surface area contributed by atoms with E-state index in [2.05, 4.69) is 39.3 Å². The van der Waals surface area contributed by atoms with Gasteiger partial charge in [0.25, 0.3) is 0 Å². The average Bonchev–Trinajstić information content (AvgIpc) is 3.06. The van der Waals surface area contributed by atoms with Crippen molar-refractivity contribution in [1.82, 2.24) is 15.0 Å². The largest absolute Gasteiger partial charge is 0.252 e. The summed E-state index contributed by atoms with van der Waals surface area (Å²) in [5.74, 6) is 0. The number of benzene rings is 1. The molecule has 0 aliphatic rings. The summed E-state index contributed by atoms with van der Waals surface area (Å²) in [5.41, 5.74) is 2.06. The summed E-state index contributed by atoms with van der Waals surface area (Å²) < 4.78 is 1.94. The van der Waals surface area contributed by atoms with Crippen molar-refractivity contribution in [2.24, 2.45) is 10.2 Å². The smallest absolute Gasteiger partial charge is 0.113 e. The lowest BCUT2D eigenvalue weighted by Gasteiger charge is -2.01. The molecule has 0 saturated carbocycles. The maximum atomic E-state index is 4.24. The van der Waals surface area contributed by atoms with Gasteiger partial charge in [0.15, 0.2) is 0 Å². The summed E-state index contributed by atoms with van der Waals surface area (Å²) in [4.78, 5) is 0. The van der Waals surface area contributed by atoms with E-state index in [4.69, 9.17) is 0 Å². The highest BCUT2D eigenvalue weighted by Crippen LogP contribution is 2.15. The zero-order chi connectivity index (χ0) is 16.2. The second-order valence-corrected chi connectivity index (χ2v) is 5.52. The molecule has 2 rings (SSSR count). The van der Waals surface area contributed by atoms with E-state index in [9.17, 15) is 0 Å². The molecular formula is C18H25N5. The molecule has 1 aromatic heterocycles. The van der Waals surface area contributed by atoms with E-state index in [0.29, 0.717) is 0 Å². The predicted molar refractivity (Wildman–Crippen MR) is 93.1 cm³/mol. The second kappa shape index (κ2) is 10.4. The maximum Gasteiger partial charge on any atom is 0.113 e. The third-order valence-corrected chi connectivity index (χ3v) is 3.67. The fraction of sp³-hybridized carbons (Fsp3) is 0.444. The standard InChI is InChI=1S/C18H25N5/c1-2-19-20-14-10-5-3-4-6-11-15-23-16-18(21-22-23)17-12-8-7-9-13-17/h2,7-9,12-13,16H,1,3-6,10-11,14-15H2. The minimum Gasteiger partial charge on any atom is -0.252 e. The molecule has 0 aliphatic carbocycles. The molecule has 5 heteroatoms. The minimum absolute atomic E-state index is 0.813. The number of unbranched alkanes of at least 4 members (excludes halogenated alkanes) is 5. The van der Waals surface area contributed by atoms with Gasteiger partial charge < -0.3 is 0 Å². The number of hydrogen-bond acceptors (Lipinski definition) is 4. The topological polar surface area (TPSA) is 55.4 Å². The first-order valence-corrected chi connectivity index (χ1v) is 8.33. The second-order valence-electron chi connectivity index (χ2n) is 5.52. The molecule has 23 heavy (non-hydrogen) atoms. The fourth-order valence-corrected chi connectivity index (χ4v) is 2.43. The number of nitrogens with zero attached hydrogens (tertiary/aromatic N) is 5. The van der Waals surface area contributed by atoms with Crippen molar-refractivity contribution in [3.05, 3.63) is 49.3 Å². The van der Waals surface area contributed by atoms with Gasteiger partial charge in [-0.25, -0.2) is 0 Å². The van der Waals surface area contributed by atoms with Crippen LogP contribution in [0.15, 0.2) is 59.5 Å². The third-order valence-electron chi connectivity index (χ3n) is 3.67. The Morgan fingerprint density at radius 1 is 1.00 bits per heavy atom. The molecule has 1 aromatic carbocycles. The van der Waals surface area contributed by atoms with Crippen LogP contribution >= 0.6 is 0 Å². The van der Waals surface area contributed by atoms with Crippen LogP contribution in [0.2, 0.25) is 0 Å². The SMILES string of the molecule is C=CN=NCCCCCCCCn1cc(-c2ccccc2)nn1. The maximum absolute atomic E-state index is 4.24. The zero-order valence-electron chi connectivity index (χ0n) is 13.6. The lowest BCUT2D eigenvalue weighted by molar-refractivity contribution is 0.514. The Morgan fingerprint density at radius 3 is 2.52 bits per heavy atom. The van der Waals surface area contributed by atoms with Crippen molar-refractivity contribution in [3.63, 3.8) is 0 Å². The average molecular weight is 311 g/mol. The van der Waals surface area contributed by atoms with Crippen LogP contribution < -0.4 is 0 Å². The monoisotopic (exact) mass is 311 g/mol. The minimum atomic E-state index is 0.813. The Labute approximate surface area is 138 Å². The normalized spacial score (nSPS) is 11.1. The van der Waals surface area contributed by atoms with Gasteiger partial charge in [0.2, 0.25) is 0 Å².